The molecule has 4 aromatic rings. The number of aromatic nitrogens is 4. The Hall–Kier alpha value is -3.46. The molecule has 4 N–H and O–H groups in total. The number of nitrogens with one attached hydrogen (secondary N) is 4. The van der Waals surface area contributed by atoms with E-state index in [1.807, 2.05) is 0 Å². The predicted molar refractivity (Wildman–Crippen MR) is 129 cm³/mol. The number of nitrogens with zero attached hydrogens (tertiary/aromatic N) is 3. The molecule has 1 aromatic carbocycles. The highest BCUT2D eigenvalue weighted by atomic mass is 35.5. The van der Waals surface area contributed by atoms with Crippen LogP contribution < -0.4 is 26.6 Å². The minimum atomic E-state index is -4.23. The zero-order valence-electron chi connectivity index (χ0n) is 16.9. The van der Waals surface area contributed by atoms with Crippen LogP contribution in [0.25, 0.3) is 16.7 Å². The van der Waals surface area contributed by atoms with Crippen LogP contribution >= 0.6 is 34.5 Å². The fourth-order valence-corrected chi connectivity index (χ4v) is 5.64. The van der Waals surface area contributed by atoms with Gasteiger partial charge >= 0.3 is 11.7 Å². The van der Waals surface area contributed by atoms with Gasteiger partial charge in [-0.05, 0) is 24.3 Å². The number of thiophene rings is 1. The molecule has 0 unspecified atom stereocenters. The summed E-state index contributed by atoms with van der Waals surface area (Å²) in [4.78, 5) is 47.9. The smallest absolute Gasteiger partial charge is 0.334 e. The molecule has 176 valence electrons. The molecule has 16 heteroatoms. The summed E-state index contributed by atoms with van der Waals surface area (Å²) < 4.78 is 26.9. The van der Waals surface area contributed by atoms with Gasteiger partial charge in [-0.25, -0.2) is 37.3 Å². The number of benzene rings is 1. The standard InChI is InChI=1S/C18H13Cl2N7O5S2/c1-21-8-2-3-9-11(4-8)24-18(30)27(16(9)28)13-7-22-12(6-23-13)25-17(29)26-34(31,32)14-5-10(19)15(20)33-14/h2-7,21H,1H3,(H,24,30)(H2,22,25,26,29). The zero-order chi connectivity index (χ0) is 24.6. The Labute approximate surface area is 204 Å². The van der Waals surface area contributed by atoms with Gasteiger partial charge in [-0.15, -0.1) is 11.3 Å². The molecular formula is C18H13Cl2N7O5S2. The third-order valence-corrected chi connectivity index (χ3v) is 8.08. The first-order valence-electron chi connectivity index (χ1n) is 9.17. The first-order chi connectivity index (χ1) is 16.1. The normalized spacial score (nSPS) is 11.4. The van der Waals surface area contributed by atoms with Crippen LogP contribution in [0.5, 0.6) is 0 Å². The number of sulfonamides is 1. The number of carbonyl (C=O) groups excluding carboxylic acids is 1. The molecule has 12 nitrogen and oxygen atoms in total. The van der Waals surface area contributed by atoms with Crippen LogP contribution in [0.2, 0.25) is 9.36 Å². The highest BCUT2D eigenvalue weighted by Gasteiger charge is 2.22. The number of anilines is 2. The van der Waals surface area contributed by atoms with Gasteiger partial charge in [0.05, 0.1) is 28.3 Å². The van der Waals surface area contributed by atoms with Crippen molar-refractivity contribution in [2.75, 3.05) is 17.7 Å². The lowest BCUT2D eigenvalue weighted by atomic mass is 10.2. The molecule has 0 radical (unpaired) electrons. The van der Waals surface area contributed by atoms with Gasteiger partial charge in [0.1, 0.15) is 8.55 Å². The lowest BCUT2D eigenvalue weighted by Crippen LogP contribution is -2.35. The summed E-state index contributed by atoms with van der Waals surface area (Å²) in [5.41, 5.74) is -0.303. The van der Waals surface area contributed by atoms with E-state index in [2.05, 4.69) is 25.6 Å². The second-order valence-electron chi connectivity index (χ2n) is 6.59. The van der Waals surface area contributed by atoms with Crippen LogP contribution in [0, 0.1) is 0 Å². The van der Waals surface area contributed by atoms with Crippen molar-refractivity contribution in [1.82, 2.24) is 24.2 Å². The maximum atomic E-state index is 12.8. The minimum absolute atomic E-state index is 0.0373. The Balaban J connectivity index is 1.55. The first-order valence-corrected chi connectivity index (χ1v) is 12.2. The molecule has 0 saturated heterocycles. The molecule has 2 amide bonds. The van der Waals surface area contributed by atoms with Crippen molar-refractivity contribution in [1.29, 1.82) is 0 Å². The van der Waals surface area contributed by atoms with E-state index < -0.39 is 27.3 Å². The molecule has 0 aliphatic heterocycles. The highest BCUT2D eigenvalue weighted by molar-refractivity contribution is 7.92. The molecule has 0 atom stereocenters. The summed E-state index contributed by atoms with van der Waals surface area (Å²) in [6.07, 6.45) is 2.13. The molecule has 0 fully saturated rings. The number of hydrogen-bond donors (Lipinski definition) is 4. The molecule has 34 heavy (non-hydrogen) atoms. The van der Waals surface area contributed by atoms with Gasteiger partial charge in [0.15, 0.2) is 11.6 Å². The van der Waals surface area contributed by atoms with Gasteiger partial charge in [0.2, 0.25) is 0 Å². The predicted octanol–water partition coefficient (Wildman–Crippen LogP) is 2.39. The molecular weight excluding hydrogens is 529 g/mol. The SMILES string of the molecule is CNc1ccc2c(=O)n(-c3cnc(NC(=O)NS(=O)(=O)c4cc(Cl)c(Cl)s4)cn3)c(=O)[nH]c2c1. The number of rotatable bonds is 5. The molecule has 0 aliphatic rings. The van der Waals surface area contributed by atoms with Crippen LogP contribution in [-0.2, 0) is 10.0 Å². The van der Waals surface area contributed by atoms with Crippen molar-refractivity contribution in [2.24, 2.45) is 0 Å². The maximum absolute atomic E-state index is 12.8. The Morgan fingerprint density at radius 3 is 2.53 bits per heavy atom. The van der Waals surface area contributed by atoms with Gasteiger partial charge in [-0.1, -0.05) is 23.2 Å². The first kappa shape index (κ1) is 23.7. The monoisotopic (exact) mass is 541 g/mol. The second-order valence-corrected chi connectivity index (χ2v) is 10.6. The third-order valence-electron chi connectivity index (χ3n) is 4.41. The number of halogens is 2. The van der Waals surface area contributed by atoms with E-state index in [1.54, 1.807) is 30.0 Å². The summed E-state index contributed by atoms with van der Waals surface area (Å²) in [5.74, 6) is -0.241. The lowest BCUT2D eigenvalue weighted by molar-refractivity contribution is 0.256. The maximum Gasteiger partial charge on any atom is 0.334 e. The molecule has 0 spiro atoms. The van der Waals surface area contributed by atoms with Gasteiger partial charge in [-0.3, -0.25) is 10.1 Å². The third kappa shape index (κ3) is 4.61. The quantitative estimate of drug-likeness (QED) is 0.298. The fraction of sp³-hybridized carbons (Fsp3) is 0.0556. The number of aromatic amines is 1. The van der Waals surface area contributed by atoms with Crippen molar-refractivity contribution >= 4 is 73.0 Å². The lowest BCUT2D eigenvalue weighted by Gasteiger charge is -2.09. The van der Waals surface area contributed by atoms with Gasteiger partial charge in [0.25, 0.3) is 15.6 Å². The van der Waals surface area contributed by atoms with E-state index in [-0.39, 0.29) is 30.6 Å². The fourth-order valence-electron chi connectivity index (χ4n) is 2.86. The van der Waals surface area contributed by atoms with E-state index >= 15 is 0 Å². The van der Waals surface area contributed by atoms with Gasteiger partial charge in [0, 0.05) is 12.7 Å². The molecule has 0 saturated carbocycles. The van der Waals surface area contributed by atoms with Crippen LogP contribution in [0.3, 0.4) is 0 Å². The van der Waals surface area contributed by atoms with Crippen LogP contribution in [0.4, 0.5) is 16.3 Å². The number of carbonyl (C=O) groups is 1. The molecule has 3 heterocycles. The summed E-state index contributed by atoms with van der Waals surface area (Å²) in [5, 5.41) is 5.39. The van der Waals surface area contributed by atoms with Crippen molar-refractivity contribution in [2.45, 2.75) is 4.21 Å². The largest absolute Gasteiger partial charge is 0.388 e. The summed E-state index contributed by atoms with van der Waals surface area (Å²) in [7, 11) is -2.52. The van der Waals surface area contributed by atoms with E-state index in [0.29, 0.717) is 22.5 Å². The van der Waals surface area contributed by atoms with Crippen molar-refractivity contribution in [3.63, 3.8) is 0 Å². The summed E-state index contributed by atoms with van der Waals surface area (Å²) >= 11 is 12.2. The van der Waals surface area contributed by atoms with Crippen molar-refractivity contribution < 1.29 is 13.2 Å². The Kier molecular flexibility index (Phi) is 6.31. The van der Waals surface area contributed by atoms with E-state index in [0.717, 1.165) is 23.0 Å². The minimum Gasteiger partial charge on any atom is -0.388 e. The number of urea groups is 1. The molecule has 4 rings (SSSR count). The number of hydrogen-bond acceptors (Lipinski definition) is 9. The average Bonchev–Trinajstić information content (AvgIpc) is 3.13. The molecule has 0 aliphatic carbocycles. The number of amides is 2. The highest BCUT2D eigenvalue weighted by Crippen LogP contribution is 2.34. The van der Waals surface area contributed by atoms with Crippen LogP contribution in [-0.4, -0.2) is 41.0 Å². The van der Waals surface area contributed by atoms with E-state index in [9.17, 15) is 22.8 Å². The topological polar surface area (TPSA) is 168 Å². The molecule has 3 aromatic heterocycles. The number of fused-ring (bicyclic) bond motifs is 1. The van der Waals surface area contributed by atoms with E-state index in [4.69, 9.17) is 23.2 Å². The van der Waals surface area contributed by atoms with Crippen molar-refractivity contribution in [3.05, 3.63) is 66.9 Å². The second kappa shape index (κ2) is 9.06. The summed E-state index contributed by atoms with van der Waals surface area (Å²) in [6, 6.07) is 4.83. The van der Waals surface area contributed by atoms with Crippen LogP contribution in [0.15, 0.2) is 50.5 Å². The zero-order valence-corrected chi connectivity index (χ0v) is 20.1. The molecule has 0 bridgehead atoms. The average molecular weight is 542 g/mol. The van der Waals surface area contributed by atoms with Crippen LogP contribution in [0.1, 0.15) is 0 Å². The Morgan fingerprint density at radius 2 is 1.91 bits per heavy atom. The van der Waals surface area contributed by atoms with Crippen molar-refractivity contribution in [3.8, 4) is 5.82 Å². The Morgan fingerprint density at radius 1 is 1.15 bits per heavy atom. The van der Waals surface area contributed by atoms with Gasteiger partial charge < -0.3 is 10.3 Å². The van der Waals surface area contributed by atoms with E-state index in [1.165, 1.54) is 0 Å². The van der Waals surface area contributed by atoms with Gasteiger partial charge in [-0.2, -0.15) is 0 Å². The summed E-state index contributed by atoms with van der Waals surface area (Å²) in [6.45, 7) is 0. The Bertz CT molecular complexity index is 1630. The number of H-pyrrole nitrogens is 1.